The Balaban J connectivity index is 2.08. The second-order valence-corrected chi connectivity index (χ2v) is 4.56. The number of methoxy groups -OCH3 is 1. The molecule has 94 valence electrons. The van der Waals surface area contributed by atoms with Gasteiger partial charge in [-0.15, -0.1) is 0 Å². The number of nitrogens with two attached hydrogens (primary N) is 1. The Morgan fingerprint density at radius 3 is 1.89 bits per heavy atom. The minimum absolute atomic E-state index is 0.0973. The van der Waals surface area contributed by atoms with E-state index in [1.165, 1.54) is 16.7 Å². The van der Waals surface area contributed by atoms with E-state index in [1.807, 2.05) is 19.1 Å². The van der Waals surface area contributed by atoms with Crippen molar-refractivity contribution in [2.45, 2.75) is 19.4 Å². The van der Waals surface area contributed by atoms with E-state index in [9.17, 15) is 0 Å². The first-order valence-electron chi connectivity index (χ1n) is 6.16. The van der Waals surface area contributed by atoms with E-state index in [1.54, 1.807) is 7.11 Å². The van der Waals surface area contributed by atoms with Gasteiger partial charge in [0.2, 0.25) is 0 Å². The fourth-order valence-electron chi connectivity index (χ4n) is 1.92. The lowest BCUT2D eigenvalue weighted by Crippen LogP contribution is -2.04. The third-order valence-electron chi connectivity index (χ3n) is 3.07. The number of hydrogen-bond acceptors (Lipinski definition) is 2. The normalized spacial score (nSPS) is 12.2. The van der Waals surface area contributed by atoms with Gasteiger partial charge in [-0.25, -0.2) is 0 Å². The summed E-state index contributed by atoms with van der Waals surface area (Å²) in [5.41, 5.74) is 9.59. The van der Waals surface area contributed by atoms with Crippen LogP contribution >= 0.6 is 0 Å². The van der Waals surface area contributed by atoms with Gasteiger partial charge in [-0.05, 0) is 42.2 Å². The molecule has 0 aliphatic heterocycles. The monoisotopic (exact) mass is 241 g/mol. The average Bonchev–Trinajstić information content (AvgIpc) is 2.40. The van der Waals surface area contributed by atoms with Crippen LogP contribution in [0.15, 0.2) is 48.5 Å². The lowest BCUT2D eigenvalue weighted by atomic mass is 10.0. The molecule has 0 saturated carbocycles. The van der Waals surface area contributed by atoms with Gasteiger partial charge in [0.15, 0.2) is 0 Å². The molecule has 2 heteroatoms. The fraction of sp³-hybridized carbons (Fsp3) is 0.250. The quantitative estimate of drug-likeness (QED) is 0.891. The molecule has 18 heavy (non-hydrogen) atoms. The Hall–Kier alpha value is -1.80. The van der Waals surface area contributed by atoms with Crippen molar-refractivity contribution in [2.24, 2.45) is 5.73 Å². The van der Waals surface area contributed by atoms with Crippen molar-refractivity contribution >= 4 is 0 Å². The van der Waals surface area contributed by atoms with E-state index in [-0.39, 0.29) is 6.04 Å². The molecular formula is C16H19NO. The van der Waals surface area contributed by atoms with Crippen molar-refractivity contribution in [3.63, 3.8) is 0 Å². The van der Waals surface area contributed by atoms with Crippen LogP contribution in [0.25, 0.3) is 0 Å². The highest BCUT2D eigenvalue weighted by Gasteiger charge is 2.00. The summed E-state index contributed by atoms with van der Waals surface area (Å²) in [4.78, 5) is 0. The van der Waals surface area contributed by atoms with E-state index < -0.39 is 0 Å². The molecule has 0 heterocycles. The zero-order valence-corrected chi connectivity index (χ0v) is 10.9. The van der Waals surface area contributed by atoms with Crippen LogP contribution in [-0.2, 0) is 6.42 Å². The third kappa shape index (κ3) is 3.11. The van der Waals surface area contributed by atoms with Crippen LogP contribution in [0.5, 0.6) is 5.75 Å². The maximum absolute atomic E-state index is 5.83. The summed E-state index contributed by atoms with van der Waals surface area (Å²) >= 11 is 0. The summed E-state index contributed by atoms with van der Waals surface area (Å²) < 4.78 is 5.15. The summed E-state index contributed by atoms with van der Waals surface area (Å²) in [5, 5.41) is 0. The summed E-state index contributed by atoms with van der Waals surface area (Å²) in [6.07, 6.45) is 0.934. The number of benzene rings is 2. The molecule has 2 aromatic rings. The van der Waals surface area contributed by atoms with Crippen LogP contribution in [0.2, 0.25) is 0 Å². The molecule has 2 nitrogen and oxygen atoms in total. The van der Waals surface area contributed by atoms with E-state index >= 15 is 0 Å². The van der Waals surface area contributed by atoms with E-state index in [2.05, 4.69) is 36.4 Å². The summed E-state index contributed by atoms with van der Waals surface area (Å²) in [7, 11) is 1.68. The van der Waals surface area contributed by atoms with Gasteiger partial charge in [0.05, 0.1) is 7.11 Å². The molecule has 0 aliphatic rings. The van der Waals surface area contributed by atoms with Crippen molar-refractivity contribution in [3.8, 4) is 5.75 Å². The molecule has 1 unspecified atom stereocenters. The van der Waals surface area contributed by atoms with Gasteiger partial charge >= 0.3 is 0 Å². The maximum atomic E-state index is 5.83. The Labute approximate surface area is 108 Å². The van der Waals surface area contributed by atoms with Gasteiger partial charge in [0, 0.05) is 6.04 Å². The van der Waals surface area contributed by atoms with Gasteiger partial charge < -0.3 is 10.5 Å². The SMILES string of the molecule is COc1ccc(Cc2ccc(C(C)N)cc2)cc1. The molecule has 0 spiro atoms. The standard InChI is InChI=1S/C16H19NO/c1-12(17)15-7-3-13(4-8-15)11-14-5-9-16(18-2)10-6-14/h3-10,12H,11,17H2,1-2H3. The highest BCUT2D eigenvalue weighted by molar-refractivity contribution is 5.32. The van der Waals surface area contributed by atoms with Crippen molar-refractivity contribution in [1.82, 2.24) is 0 Å². The van der Waals surface area contributed by atoms with Crippen LogP contribution in [0.1, 0.15) is 29.7 Å². The fourth-order valence-corrected chi connectivity index (χ4v) is 1.92. The Kier molecular flexibility index (Phi) is 4.00. The maximum Gasteiger partial charge on any atom is 0.118 e. The largest absolute Gasteiger partial charge is 0.497 e. The molecule has 0 saturated heterocycles. The molecule has 0 amide bonds. The molecule has 1 atom stereocenters. The molecule has 0 bridgehead atoms. The van der Waals surface area contributed by atoms with Gasteiger partial charge in [-0.2, -0.15) is 0 Å². The zero-order chi connectivity index (χ0) is 13.0. The minimum atomic E-state index is 0.0973. The van der Waals surface area contributed by atoms with E-state index in [0.717, 1.165) is 12.2 Å². The van der Waals surface area contributed by atoms with Crippen molar-refractivity contribution < 1.29 is 4.74 Å². The number of rotatable bonds is 4. The molecule has 0 aromatic heterocycles. The first kappa shape index (κ1) is 12.7. The second kappa shape index (κ2) is 5.69. The van der Waals surface area contributed by atoms with Gasteiger partial charge in [-0.3, -0.25) is 0 Å². The highest BCUT2D eigenvalue weighted by atomic mass is 16.5. The molecule has 0 fully saturated rings. The van der Waals surface area contributed by atoms with Crippen LogP contribution in [0, 0.1) is 0 Å². The molecule has 0 radical (unpaired) electrons. The molecule has 0 aliphatic carbocycles. The predicted octanol–water partition coefficient (Wildman–Crippen LogP) is 3.31. The minimum Gasteiger partial charge on any atom is -0.497 e. The van der Waals surface area contributed by atoms with Crippen LogP contribution in [0.4, 0.5) is 0 Å². The molecule has 2 rings (SSSR count). The Morgan fingerprint density at radius 2 is 1.44 bits per heavy atom. The predicted molar refractivity (Wildman–Crippen MR) is 74.8 cm³/mol. The van der Waals surface area contributed by atoms with E-state index in [4.69, 9.17) is 10.5 Å². The molecule has 2 aromatic carbocycles. The summed E-state index contributed by atoms with van der Waals surface area (Å²) in [6, 6.07) is 16.8. The van der Waals surface area contributed by atoms with Crippen LogP contribution < -0.4 is 10.5 Å². The van der Waals surface area contributed by atoms with Gasteiger partial charge in [0.25, 0.3) is 0 Å². The first-order chi connectivity index (χ1) is 8.69. The van der Waals surface area contributed by atoms with Crippen molar-refractivity contribution in [1.29, 1.82) is 0 Å². The number of ether oxygens (including phenoxy) is 1. The first-order valence-corrected chi connectivity index (χ1v) is 6.16. The second-order valence-electron chi connectivity index (χ2n) is 4.56. The van der Waals surface area contributed by atoms with Gasteiger partial charge in [-0.1, -0.05) is 36.4 Å². The summed E-state index contributed by atoms with van der Waals surface area (Å²) in [6.45, 7) is 2.00. The average molecular weight is 241 g/mol. The topological polar surface area (TPSA) is 35.2 Å². The molecule has 2 N–H and O–H groups in total. The van der Waals surface area contributed by atoms with Gasteiger partial charge in [0.1, 0.15) is 5.75 Å². The summed E-state index contributed by atoms with van der Waals surface area (Å²) in [5.74, 6) is 0.894. The highest BCUT2D eigenvalue weighted by Crippen LogP contribution is 2.16. The van der Waals surface area contributed by atoms with Crippen LogP contribution in [0.3, 0.4) is 0 Å². The lowest BCUT2D eigenvalue weighted by molar-refractivity contribution is 0.414. The third-order valence-corrected chi connectivity index (χ3v) is 3.07. The Bertz CT molecular complexity index is 486. The smallest absolute Gasteiger partial charge is 0.118 e. The molecular weight excluding hydrogens is 222 g/mol. The van der Waals surface area contributed by atoms with Crippen molar-refractivity contribution in [2.75, 3.05) is 7.11 Å². The Morgan fingerprint density at radius 1 is 0.944 bits per heavy atom. The number of hydrogen-bond donors (Lipinski definition) is 1. The lowest BCUT2D eigenvalue weighted by Gasteiger charge is -2.07. The van der Waals surface area contributed by atoms with Crippen LogP contribution in [-0.4, -0.2) is 7.11 Å². The van der Waals surface area contributed by atoms with E-state index in [0.29, 0.717) is 0 Å². The van der Waals surface area contributed by atoms with Crippen molar-refractivity contribution in [3.05, 3.63) is 65.2 Å². The zero-order valence-electron chi connectivity index (χ0n) is 10.9.